The molecule has 1 aromatic carbocycles. The van der Waals surface area contributed by atoms with Gasteiger partial charge in [0.25, 0.3) is 0 Å². The van der Waals surface area contributed by atoms with Gasteiger partial charge in [0, 0.05) is 19.7 Å². The van der Waals surface area contributed by atoms with Crippen LogP contribution in [0.1, 0.15) is 5.56 Å². The minimum Gasteiger partial charge on any atom is -0.464 e. The van der Waals surface area contributed by atoms with Crippen LogP contribution in [0.15, 0.2) is 12.1 Å². The molecule has 0 spiro atoms. The molecule has 0 saturated heterocycles. The molecule has 0 fully saturated rings. The second-order valence-corrected chi connectivity index (χ2v) is 3.61. The zero-order valence-electron chi connectivity index (χ0n) is 10.7. The molecule has 0 bridgehead atoms. The zero-order valence-corrected chi connectivity index (χ0v) is 10.7. The highest BCUT2D eigenvalue weighted by molar-refractivity contribution is 6.59. The molecule has 0 aromatic heterocycles. The van der Waals surface area contributed by atoms with E-state index >= 15 is 0 Å². The third kappa shape index (κ3) is 3.61. The first-order chi connectivity index (χ1) is 8.61. The third-order valence-corrected chi connectivity index (χ3v) is 2.26. The molecule has 0 amide bonds. The van der Waals surface area contributed by atoms with Crippen LogP contribution in [0.25, 0.3) is 0 Å². The van der Waals surface area contributed by atoms with E-state index in [4.69, 9.17) is 18.9 Å². The summed E-state index contributed by atoms with van der Waals surface area (Å²) in [7, 11) is 1.32. The Labute approximate surface area is 106 Å². The first-order valence-corrected chi connectivity index (χ1v) is 5.35. The van der Waals surface area contributed by atoms with Crippen molar-refractivity contribution in [2.45, 2.75) is 6.92 Å². The van der Waals surface area contributed by atoms with Crippen LogP contribution in [-0.2, 0) is 9.47 Å². The molecular weight excluding hydrogens is 239 g/mol. The first-order valence-electron chi connectivity index (χ1n) is 5.35. The van der Waals surface area contributed by atoms with E-state index in [1.807, 2.05) is 6.92 Å². The Kier molecular flexibility index (Phi) is 5.93. The summed E-state index contributed by atoms with van der Waals surface area (Å²) in [5.74, 6) is 0.642. The molecule has 0 saturated carbocycles. The lowest BCUT2D eigenvalue weighted by atomic mass is 9.79. The Bertz CT molecular complexity index is 382. The molecule has 6 nitrogen and oxygen atoms in total. The van der Waals surface area contributed by atoms with Crippen LogP contribution in [-0.4, -0.2) is 45.0 Å². The minimum atomic E-state index is -1.65. The predicted octanol–water partition coefficient (Wildman–Crippen LogP) is -0.360. The van der Waals surface area contributed by atoms with Gasteiger partial charge in [0.2, 0.25) is 0 Å². The van der Waals surface area contributed by atoms with Crippen molar-refractivity contribution in [3.63, 3.8) is 0 Å². The average molecular weight is 256 g/mol. The van der Waals surface area contributed by atoms with E-state index in [1.54, 1.807) is 12.1 Å². The van der Waals surface area contributed by atoms with Crippen LogP contribution in [0.3, 0.4) is 0 Å². The van der Waals surface area contributed by atoms with Crippen LogP contribution >= 0.6 is 0 Å². The van der Waals surface area contributed by atoms with Crippen molar-refractivity contribution in [1.29, 1.82) is 0 Å². The molecule has 0 atom stereocenters. The van der Waals surface area contributed by atoms with E-state index in [-0.39, 0.29) is 24.8 Å². The summed E-state index contributed by atoms with van der Waals surface area (Å²) in [6.45, 7) is 1.83. The number of rotatable bonds is 7. The normalized spacial score (nSPS) is 10.3. The molecule has 1 aromatic rings. The Morgan fingerprint density at radius 2 is 1.56 bits per heavy atom. The molecule has 0 aliphatic carbocycles. The van der Waals surface area contributed by atoms with Crippen LogP contribution in [0.2, 0.25) is 0 Å². The van der Waals surface area contributed by atoms with Crippen molar-refractivity contribution in [1.82, 2.24) is 0 Å². The van der Waals surface area contributed by atoms with Gasteiger partial charge in [-0.05, 0) is 12.5 Å². The van der Waals surface area contributed by atoms with Crippen molar-refractivity contribution in [2.24, 2.45) is 0 Å². The van der Waals surface area contributed by atoms with Gasteiger partial charge in [-0.25, -0.2) is 0 Å². The first kappa shape index (κ1) is 14.8. The maximum absolute atomic E-state index is 9.29. The molecular formula is C11H17BO6. The number of hydrogen-bond acceptors (Lipinski definition) is 6. The Hall–Kier alpha value is -1.28. The molecule has 0 aliphatic heterocycles. The highest BCUT2D eigenvalue weighted by atomic mass is 16.7. The van der Waals surface area contributed by atoms with Gasteiger partial charge in [-0.3, -0.25) is 0 Å². The lowest BCUT2D eigenvalue weighted by Crippen LogP contribution is -2.32. The van der Waals surface area contributed by atoms with E-state index in [2.05, 4.69) is 0 Å². The lowest BCUT2D eigenvalue weighted by Gasteiger charge is -2.17. The van der Waals surface area contributed by atoms with Crippen LogP contribution in [0.4, 0.5) is 0 Å². The highest BCUT2D eigenvalue weighted by Crippen LogP contribution is 2.29. The van der Waals surface area contributed by atoms with Crippen LogP contribution in [0.5, 0.6) is 11.5 Å². The topological polar surface area (TPSA) is 77.4 Å². The fraction of sp³-hybridized carbons (Fsp3) is 0.455. The molecule has 0 radical (unpaired) electrons. The van der Waals surface area contributed by atoms with Crippen molar-refractivity contribution in [3.8, 4) is 11.5 Å². The quantitative estimate of drug-likeness (QED) is 0.512. The van der Waals surface area contributed by atoms with Gasteiger partial charge in [0.15, 0.2) is 25.1 Å². The van der Waals surface area contributed by atoms with Gasteiger partial charge >= 0.3 is 7.12 Å². The molecule has 7 heteroatoms. The monoisotopic (exact) mass is 256 g/mol. The predicted molar refractivity (Wildman–Crippen MR) is 66.0 cm³/mol. The fourth-order valence-corrected chi connectivity index (χ4v) is 1.44. The number of hydrogen-bond donors (Lipinski definition) is 2. The van der Waals surface area contributed by atoms with Crippen LogP contribution in [0, 0.1) is 6.92 Å². The Morgan fingerprint density at radius 1 is 1.00 bits per heavy atom. The summed E-state index contributed by atoms with van der Waals surface area (Å²) in [6, 6.07) is 3.27. The average Bonchev–Trinajstić information content (AvgIpc) is 2.34. The van der Waals surface area contributed by atoms with Gasteiger partial charge < -0.3 is 29.0 Å². The second kappa shape index (κ2) is 7.22. The zero-order chi connectivity index (χ0) is 13.5. The molecule has 0 unspecified atom stereocenters. The van der Waals surface area contributed by atoms with Gasteiger partial charge in [0.1, 0.15) is 0 Å². The lowest BCUT2D eigenvalue weighted by molar-refractivity contribution is 0.0323. The van der Waals surface area contributed by atoms with E-state index in [0.717, 1.165) is 5.56 Å². The number of ether oxygens (including phenoxy) is 4. The maximum atomic E-state index is 9.29. The van der Waals surface area contributed by atoms with Crippen molar-refractivity contribution >= 4 is 12.6 Å². The van der Waals surface area contributed by atoms with E-state index in [1.165, 1.54) is 14.2 Å². The van der Waals surface area contributed by atoms with Gasteiger partial charge in [-0.2, -0.15) is 0 Å². The molecule has 18 heavy (non-hydrogen) atoms. The maximum Gasteiger partial charge on any atom is 0.492 e. The molecule has 1 rings (SSSR count). The van der Waals surface area contributed by atoms with Crippen molar-refractivity contribution < 1.29 is 29.0 Å². The van der Waals surface area contributed by atoms with E-state index in [9.17, 15) is 10.0 Å². The van der Waals surface area contributed by atoms with Gasteiger partial charge in [-0.1, -0.05) is 12.1 Å². The van der Waals surface area contributed by atoms with E-state index in [0.29, 0.717) is 5.75 Å². The summed E-state index contributed by atoms with van der Waals surface area (Å²) >= 11 is 0. The SMILES string of the molecule is COCOc1c(C)ccc(B(O)O)c1OCOC. The third-order valence-electron chi connectivity index (χ3n) is 2.26. The molecule has 0 aliphatic rings. The standard InChI is InChI=1S/C11H17BO6/c1-8-4-5-9(12(13)14)11(18-7-16-3)10(8)17-6-15-2/h4-5,13-14H,6-7H2,1-3H3. The number of methoxy groups -OCH3 is 2. The summed E-state index contributed by atoms with van der Waals surface area (Å²) in [4.78, 5) is 0. The smallest absolute Gasteiger partial charge is 0.464 e. The highest BCUT2D eigenvalue weighted by Gasteiger charge is 2.22. The Balaban J connectivity index is 3.12. The van der Waals surface area contributed by atoms with Crippen molar-refractivity contribution in [3.05, 3.63) is 17.7 Å². The Morgan fingerprint density at radius 3 is 2.06 bits per heavy atom. The number of benzene rings is 1. The summed E-state index contributed by atoms with van der Waals surface area (Å²) in [6.07, 6.45) is 0. The summed E-state index contributed by atoms with van der Waals surface area (Å²) in [5, 5.41) is 18.6. The summed E-state index contributed by atoms with van der Waals surface area (Å²) < 4.78 is 20.3. The second-order valence-electron chi connectivity index (χ2n) is 3.61. The fourth-order valence-electron chi connectivity index (χ4n) is 1.44. The molecule has 100 valence electrons. The summed E-state index contributed by atoms with van der Waals surface area (Å²) in [5.41, 5.74) is 1.01. The minimum absolute atomic E-state index is 0.0213. The van der Waals surface area contributed by atoms with Gasteiger partial charge in [-0.15, -0.1) is 0 Å². The molecule has 2 N–H and O–H groups in total. The molecule has 0 heterocycles. The van der Waals surface area contributed by atoms with Gasteiger partial charge in [0.05, 0.1) is 0 Å². The van der Waals surface area contributed by atoms with Crippen molar-refractivity contribution in [2.75, 3.05) is 27.8 Å². The van der Waals surface area contributed by atoms with E-state index < -0.39 is 7.12 Å². The largest absolute Gasteiger partial charge is 0.492 e. The number of aryl methyl sites for hydroxylation is 1. The van der Waals surface area contributed by atoms with Crippen LogP contribution < -0.4 is 14.9 Å².